The molecule has 0 aromatic heterocycles. The SMILES string of the molecule is CCCCCC=CCC=CCCCCCCCCC1(CCCCCCCCC=CCC=CCCCCC)OC2CC(OC(=O)CCCN(C)C)CC2O1. The molecular formula is C48H85NO4. The van der Waals surface area contributed by atoms with Gasteiger partial charge in [-0.1, -0.05) is 140 Å². The van der Waals surface area contributed by atoms with E-state index in [9.17, 15) is 4.79 Å². The highest BCUT2D eigenvalue weighted by atomic mass is 16.8. The maximum atomic E-state index is 12.4. The summed E-state index contributed by atoms with van der Waals surface area (Å²) in [4.78, 5) is 14.6. The minimum Gasteiger partial charge on any atom is -0.462 e. The fourth-order valence-corrected chi connectivity index (χ4v) is 7.75. The van der Waals surface area contributed by atoms with Crippen LogP contribution >= 0.6 is 0 Å². The number of nitrogens with zero attached hydrogens (tertiary/aromatic N) is 1. The van der Waals surface area contributed by atoms with Gasteiger partial charge in [-0.05, 0) is 104 Å². The predicted octanol–water partition coefficient (Wildman–Crippen LogP) is 13.9. The van der Waals surface area contributed by atoms with E-state index in [1.807, 2.05) is 14.1 Å². The van der Waals surface area contributed by atoms with E-state index < -0.39 is 5.79 Å². The molecule has 5 heteroatoms. The lowest BCUT2D eigenvalue weighted by Gasteiger charge is -2.30. The van der Waals surface area contributed by atoms with Crippen LogP contribution in [-0.2, 0) is 19.0 Å². The molecule has 0 radical (unpaired) electrons. The minimum atomic E-state index is -0.444. The summed E-state index contributed by atoms with van der Waals surface area (Å²) >= 11 is 0. The Labute approximate surface area is 328 Å². The third kappa shape index (κ3) is 25.2. The number of rotatable bonds is 35. The minimum absolute atomic E-state index is 0.0591. The largest absolute Gasteiger partial charge is 0.462 e. The molecule has 2 fully saturated rings. The number of unbranched alkanes of at least 4 members (excludes halogenated alkanes) is 18. The van der Waals surface area contributed by atoms with Crippen molar-refractivity contribution in [3.8, 4) is 0 Å². The fraction of sp³-hybridized carbons (Fsp3) is 0.812. The zero-order valence-electron chi connectivity index (χ0n) is 35.4. The first-order valence-electron chi connectivity index (χ1n) is 22.8. The molecule has 0 bridgehead atoms. The molecule has 0 aromatic rings. The Hall–Kier alpha value is -1.69. The van der Waals surface area contributed by atoms with Gasteiger partial charge in [-0.15, -0.1) is 0 Å². The Kier molecular flexibility index (Phi) is 29.1. The van der Waals surface area contributed by atoms with Gasteiger partial charge in [-0.25, -0.2) is 0 Å². The van der Waals surface area contributed by atoms with E-state index in [2.05, 4.69) is 67.4 Å². The zero-order valence-corrected chi connectivity index (χ0v) is 35.4. The summed E-state index contributed by atoms with van der Waals surface area (Å²) in [6, 6.07) is 0. The van der Waals surface area contributed by atoms with Crippen LogP contribution in [0, 0.1) is 0 Å². The van der Waals surface area contributed by atoms with Gasteiger partial charge in [-0.2, -0.15) is 0 Å². The van der Waals surface area contributed by atoms with Gasteiger partial charge in [0, 0.05) is 32.1 Å². The maximum absolute atomic E-state index is 12.4. The van der Waals surface area contributed by atoms with E-state index in [1.54, 1.807) is 0 Å². The van der Waals surface area contributed by atoms with Gasteiger partial charge in [-0.3, -0.25) is 4.79 Å². The van der Waals surface area contributed by atoms with Gasteiger partial charge < -0.3 is 19.1 Å². The number of hydrogen-bond acceptors (Lipinski definition) is 5. The number of esters is 1. The second-order valence-electron chi connectivity index (χ2n) is 16.4. The second kappa shape index (κ2) is 32.5. The van der Waals surface area contributed by atoms with Gasteiger partial charge in [0.2, 0.25) is 0 Å². The first kappa shape index (κ1) is 47.5. The number of ether oxygens (including phenoxy) is 3. The first-order valence-corrected chi connectivity index (χ1v) is 22.8. The Morgan fingerprint density at radius 1 is 0.566 bits per heavy atom. The highest BCUT2D eigenvalue weighted by molar-refractivity contribution is 5.69. The number of carbonyl (C=O) groups excluding carboxylic acids is 1. The van der Waals surface area contributed by atoms with Crippen molar-refractivity contribution in [2.24, 2.45) is 0 Å². The smallest absolute Gasteiger partial charge is 0.306 e. The molecule has 2 atom stereocenters. The van der Waals surface area contributed by atoms with Gasteiger partial charge in [0.05, 0.1) is 12.2 Å². The van der Waals surface area contributed by atoms with Crippen molar-refractivity contribution in [1.82, 2.24) is 4.90 Å². The molecule has 0 amide bonds. The van der Waals surface area contributed by atoms with Gasteiger partial charge in [0.1, 0.15) is 6.10 Å². The maximum Gasteiger partial charge on any atom is 0.306 e. The molecule has 1 aliphatic carbocycles. The van der Waals surface area contributed by atoms with Crippen LogP contribution in [0.4, 0.5) is 0 Å². The lowest BCUT2D eigenvalue weighted by Crippen LogP contribution is -2.33. The number of hydrogen-bond donors (Lipinski definition) is 0. The monoisotopic (exact) mass is 740 g/mol. The van der Waals surface area contributed by atoms with E-state index in [0.29, 0.717) is 6.42 Å². The van der Waals surface area contributed by atoms with Crippen LogP contribution in [0.2, 0.25) is 0 Å². The third-order valence-corrected chi connectivity index (χ3v) is 10.9. The molecule has 306 valence electrons. The first-order chi connectivity index (χ1) is 26.0. The van der Waals surface area contributed by atoms with Crippen LogP contribution in [0.1, 0.15) is 206 Å². The summed E-state index contributed by atoms with van der Waals surface area (Å²) in [5.74, 6) is -0.522. The molecule has 0 aromatic carbocycles. The number of fused-ring (bicyclic) bond motifs is 1. The second-order valence-corrected chi connectivity index (χ2v) is 16.4. The Morgan fingerprint density at radius 3 is 1.38 bits per heavy atom. The molecule has 53 heavy (non-hydrogen) atoms. The average Bonchev–Trinajstić information content (AvgIpc) is 3.66. The Balaban J connectivity index is 1.65. The van der Waals surface area contributed by atoms with Crippen LogP contribution in [0.25, 0.3) is 0 Å². The average molecular weight is 740 g/mol. The lowest BCUT2D eigenvalue weighted by atomic mass is 9.98. The van der Waals surface area contributed by atoms with E-state index >= 15 is 0 Å². The third-order valence-electron chi connectivity index (χ3n) is 10.9. The molecule has 1 heterocycles. The van der Waals surface area contributed by atoms with Crippen molar-refractivity contribution in [1.29, 1.82) is 0 Å². The summed E-state index contributed by atoms with van der Waals surface area (Å²) in [5.41, 5.74) is 0. The topological polar surface area (TPSA) is 48.0 Å². The van der Waals surface area contributed by atoms with Crippen molar-refractivity contribution in [2.45, 2.75) is 231 Å². The normalized spacial score (nSPS) is 21.8. The van der Waals surface area contributed by atoms with Crippen molar-refractivity contribution in [3.05, 3.63) is 48.6 Å². The quantitative estimate of drug-likeness (QED) is 0.0368. The van der Waals surface area contributed by atoms with Crippen LogP contribution in [0.5, 0.6) is 0 Å². The summed E-state index contributed by atoms with van der Waals surface area (Å²) in [6.07, 6.45) is 53.9. The van der Waals surface area contributed by atoms with Crippen LogP contribution in [0.3, 0.4) is 0 Å². The highest BCUT2D eigenvalue weighted by Crippen LogP contribution is 2.44. The zero-order chi connectivity index (χ0) is 38.1. The lowest BCUT2D eigenvalue weighted by molar-refractivity contribution is -0.196. The highest BCUT2D eigenvalue weighted by Gasteiger charge is 2.52. The predicted molar refractivity (Wildman–Crippen MR) is 227 cm³/mol. The summed E-state index contributed by atoms with van der Waals surface area (Å²) in [6.45, 7) is 5.43. The van der Waals surface area contributed by atoms with Crippen molar-refractivity contribution >= 4 is 5.97 Å². The van der Waals surface area contributed by atoms with Crippen molar-refractivity contribution in [3.63, 3.8) is 0 Å². The van der Waals surface area contributed by atoms with E-state index in [1.165, 1.54) is 128 Å². The standard InChI is InChI=1S/C48H85NO4/c1-5-7-9-11-13-15-17-19-21-23-25-27-29-31-33-35-39-48(40-36-34-32-30-28-26-24-22-20-18-16-14-12-10-8-6-2)52-45-42-44(43-46(45)53-48)51-47(50)38-37-41-49(3)4/h13-16,19-22,44-46H,5-12,17-18,23-43H2,1-4H3. The van der Waals surface area contributed by atoms with Gasteiger partial charge in [0.25, 0.3) is 0 Å². The molecule has 0 spiro atoms. The molecule has 1 saturated heterocycles. The molecular weight excluding hydrogens is 655 g/mol. The van der Waals surface area contributed by atoms with E-state index in [-0.39, 0.29) is 24.3 Å². The summed E-state index contributed by atoms with van der Waals surface area (Å²) in [7, 11) is 4.08. The van der Waals surface area contributed by atoms with Crippen molar-refractivity contribution < 1.29 is 19.0 Å². The molecule has 0 N–H and O–H groups in total. The Morgan fingerprint density at radius 2 is 0.962 bits per heavy atom. The fourth-order valence-electron chi connectivity index (χ4n) is 7.75. The van der Waals surface area contributed by atoms with Crippen LogP contribution in [0.15, 0.2) is 48.6 Å². The molecule has 2 unspecified atom stereocenters. The number of carbonyl (C=O) groups is 1. The number of allylic oxidation sites excluding steroid dienone is 8. The molecule has 5 nitrogen and oxygen atoms in total. The summed E-state index contributed by atoms with van der Waals surface area (Å²) in [5, 5.41) is 0. The van der Waals surface area contributed by atoms with Gasteiger partial charge in [0.15, 0.2) is 5.79 Å². The Bertz CT molecular complexity index is 920. The molecule has 2 aliphatic rings. The van der Waals surface area contributed by atoms with E-state index in [4.69, 9.17) is 14.2 Å². The van der Waals surface area contributed by atoms with Crippen LogP contribution in [-0.4, -0.2) is 55.6 Å². The molecule has 1 aliphatic heterocycles. The van der Waals surface area contributed by atoms with Crippen molar-refractivity contribution in [2.75, 3.05) is 20.6 Å². The molecule has 2 rings (SSSR count). The van der Waals surface area contributed by atoms with E-state index in [0.717, 1.165) is 64.3 Å². The van der Waals surface area contributed by atoms with Crippen LogP contribution < -0.4 is 0 Å². The summed E-state index contributed by atoms with van der Waals surface area (Å²) < 4.78 is 19.5. The van der Waals surface area contributed by atoms with Gasteiger partial charge >= 0.3 is 5.97 Å². The molecule has 1 saturated carbocycles.